The van der Waals surface area contributed by atoms with Gasteiger partial charge in [-0.05, 0) is 60.6 Å². The van der Waals surface area contributed by atoms with Gasteiger partial charge in [0.15, 0.2) is 0 Å². The summed E-state index contributed by atoms with van der Waals surface area (Å²) in [7, 11) is 4.11. The molecule has 0 saturated carbocycles. The summed E-state index contributed by atoms with van der Waals surface area (Å²) < 4.78 is 0. The second kappa shape index (κ2) is 14.2. The SMILES string of the molecule is CC(C)(C)c1ccccc1N1C=CN(c2ccccc2C(C)(C)C)[CH-]1.CN(C)Cc1[c-]cccc1.[Cl-].[Pd+2]. The van der Waals surface area contributed by atoms with Crippen LogP contribution in [0.5, 0.6) is 0 Å². The van der Waals surface area contributed by atoms with E-state index < -0.39 is 0 Å². The first-order valence-corrected chi connectivity index (χ1v) is 12.4. The minimum absolute atomic E-state index is 0. The second-order valence-electron chi connectivity index (χ2n) is 11.4. The van der Waals surface area contributed by atoms with E-state index in [0.29, 0.717) is 0 Å². The van der Waals surface area contributed by atoms with Gasteiger partial charge in [-0.1, -0.05) is 77.9 Å². The van der Waals surface area contributed by atoms with Crippen LogP contribution in [0.25, 0.3) is 0 Å². The first-order valence-electron chi connectivity index (χ1n) is 12.4. The Morgan fingerprint density at radius 1 is 0.703 bits per heavy atom. The molecule has 0 aliphatic carbocycles. The molecule has 202 valence electrons. The monoisotopic (exact) mass is 608 g/mol. The van der Waals surface area contributed by atoms with Crippen molar-refractivity contribution in [1.29, 1.82) is 0 Å². The van der Waals surface area contributed by atoms with Crippen molar-refractivity contribution in [2.75, 3.05) is 23.9 Å². The molecule has 4 rings (SSSR count). The van der Waals surface area contributed by atoms with Gasteiger partial charge < -0.3 is 27.1 Å². The second-order valence-corrected chi connectivity index (χ2v) is 11.4. The molecule has 0 spiro atoms. The number of halogens is 1. The summed E-state index contributed by atoms with van der Waals surface area (Å²) in [5.41, 5.74) is 6.63. The third-order valence-electron chi connectivity index (χ3n) is 5.88. The molecule has 0 radical (unpaired) electrons. The molecule has 0 N–H and O–H groups in total. The number of para-hydroxylation sites is 2. The summed E-state index contributed by atoms with van der Waals surface area (Å²) in [6, 6.07) is 28.5. The van der Waals surface area contributed by atoms with Gasteiger partial charge in [-0.25, -0.2) is 0 Å². The van der Waals surface area contributed by atoms with Crippen LogP contribution in [0.2, 0.25) is 0 Å². The first-order chi connectivity index (χ1) is 16.5. The van der Waals surface area contributed by atoms with Gasteiger partial charge in [0.1, 0.15) is 0 Å². The molecule has 3 aromatic carbocycles. The Labute approximate surface area is 245 Å². The van der Waals surface area contributed by atoms with Crippen molar-refractivity contribution < 1.29 is 32.8 Å². The fraction of sp³-hybridized carbons (Fsp3) is 0.344. The van der Waals surface area contributed by atoms with Crippen LogP contribution in [0.3, 0.4) is 0 Å². The van der Waals surface area contributed by atoms with Crippen molar-refractivity contribution in [3.63, 3.8) is 0 Å². The van der Waals surface area contributed by atoms with Gasteiger partial charge in [0.2, 0.25) is 0 Å². The maximum absolute atomic E-state index is 3.16. The Hall–Kier alpha value is -2.09. The Balaban J connectivity index is 0.000000485. The normalized spacial score (nSPS) is 13.0. The molecule has 0 unspecified atom stereocenters. The Morgan fingerprint density at radius 3 is 1.51 bits per heavy atom. The number of rotatable bonds is 4. The number of benzene rings is 3. The van der Waals surface area contributed by atoms with Crippen LogP contribution < -0.4 is 22.2 Å². The van der Waals surface area contributed by atoms with Crippen molar-refractivity contribution >= 4 is 11.4 Å². The Bertz CT molecular complexity index is 1050. The molecule has 3 nitrogen and oxygen atoms in total. The van der Waals surface area contributed by atoms with Gasteiger partial charge >= 0.3 is 20.4 Å². The van der Waals surface area contributed by atoms with E-state index >= 15 is 0 Å². The zero-order chi connectivity index (χ0) is 25.6. The molecular formula is C32H41ClN3Pd-. The molecule has 0 saturated heterocycles. The van der Waals surface area contributed by atoms with E-state index in [1.807, 2.05) is 18.2 Å². The summed E-state index contributed by atoms with van der Waals surface area (Å²) in [4.78, 5) is 6.58. The van der Waals surface area contributed by atoms with Crippen LogP contribution >= 0.6 is 0 Å². The minimum Gasteiger partial charge on any atom is -1.00 e. The molecule has 0 bridgehead atoms. The molecule has 0 fully saturated rings. The summed E-state index contributed by atoms with van der Waals surface area (Å²) >= 11 is 0. The molecule has 0 aromatic heterocycles. The smallest absolute Gasteiger partial charge is 1.00 e. The standard InChI is InChI=1S/C23H29N2.C9H12N.ClH.Pd/c1-22(2,3)18-11-7-9-13-20(18)24-15-16-25(17-24)21-14-10-8-12-19(21)23(4,5)6;1-10(2)8-9-6-4-3-5-7-9;;/h7-17H,1-6H3;3-6H,8H2,1-2H3;1H;/q2*-1;;+2/p-1. The quantitative estimate of drug-likeness (QED) is 0.313. The van der Waals surface area contributed by atoms with Gasteiger partial charge in [0.25, 0.3) is 0 Å². The van der Waals surface area contributed by atoms with Gasteiger partial charge in [0, 0.05) is 17.9 Å². The van der Waals surface area contributed by atoms with Crippen LogP contribution in [0.4, 0.5) is 11.4 Å². The van der Waals surface area contributed by atoms with Gasteiger partial charge in [-0.3, -0.25) is 0 Å². The maximum Gasteiger partial charge on any atom is 2.00 e. The van der Waals surface area contributed by atoms with Crippen LogP contribution in [0, 0.1) is 12.7 Å². The van der Waals surface area contributed by atoms with Crippen molar-refractivity contribution in [3.8, 4) is 0 Å². The number of anilines is 2. The first kappa shape index (κ1) is 32.9. The van der Waals surface area contributed by atoms with Crippen molar-refractivity contribution in [1.82, 2.24) is 4.90 Å². The zero-order valence-corrected chi connectivity index (χ0v) is 25.7. The summed E-state index contributed by atoms with van der Waals surface area (Å²) in [5.74, 6) is 0. The molecule has 1 aliphatic heterocycles. The topological polar surface area (TPSA) is 9.72 Å². The maximum atomic E-state index is 3.16. The Kier molecular flexibility index (Phi) is 12.6. The average Bonchev–Trinajstić information content (AvgIpc) is 3.29. The molecule has 5 heteroatoms. The summed E-state index contributed by atoms with van der Waals surface area (Å²) in [6.07, 6.45) is 4.29. The fourth-order valence-corrected chi connectivity index (χ4v) is 4.18. The van der Waals surface area contributed by atoms with Crippen molar-refractivity contribution in [2.45, 2.75) is 58.9 Å². The van der Waals surface area contributed by atoms with Gasteiger partial charge in [-0.15, -0.1) is 12.2 Å². The van der Waals surface area contributed by atoms with E-state index in [4.69, 9.17) is 0 Å². The molecule has 37 heavy (non-hydrogen) atoms. The molecule has 3 aromatic rings. The number of hydrogen-bond acceptors (Lipinski definition) is 3. The largest absolute Gasteiger partial charge is 2.00 e. The average molecular weight is 610 g/mol. The minimum atomic E-state index is 0. The van der Waals surface area contributed by atoms with Crippen LogP contribution in [-0.4, -0.2) is 19.0 Å². The van der Waals surface area contributed by atoms with Crippen LogP contribution in [-0.2, 0) is 37.8 Å². The van der Waals surface area contributed by atoms with E-state index in [9.17, 15) is 0 Å². The van der Waals surface area contributed by atoms with Crippen molar-refractivity contribution in [3.05, 3.63) is 115 Å². The third-order valence-corrected chi connectivity index (χ3v) is 5.88. The predicted octanol–water partition coefficient (Wildman–Crippen LogP) is 4.75. The van der Waals surface area contributed by atoms with E-state index in [1.54, 1.807) is 0 Å². The van der Waals surface area contributed by atoms with E-state index in [1.165, 1.54) is 28.1 Å². The van der Waals surface area contributed by atoms with Crippen LogP contribution in [0.15, 0.2) is 85.2 Å². The zero-order valence-electron chi connectivity index (χ0n) is 23.4. The van der Waals surface area contributed by atoms with Crippen LogP contribution in [0.1, 0.15) is 58.2 Å². The number of hydrogen-bond donors (Lipinski definition) is 0. The molecule has 1 aliphatic rings. The van der Waals surface area contributed by atoms with Crippen molar-refractivity contribution in [2.24, 2.45) is 0 Å². The third kappa shape index (κ3) is 9.31. The van der Waals surface area contributed by atoms with E-state index in [0.717, 1.165) is 6.54 Å². The number of nitrogens with zero attached hydrogens (tertiary/aromatic N) is 3. The van der Waals surface area contributed by atoms with Gasteiger partial charge in [-0.2, -0.15) is 30.3 Å². The van der Waals surface area contributed by atoms with E-state index in [2.05, 4.69) is 150 Å². The fourth-order valence-electron chi connectivity index (χ4n) is 4.18. The summed E-state index contributed by atoms with van der Waals surface area (Å²) in [6.45, 7) is 16.7. The Morgan fingerprint density at radius 2 is 1.14 bits per heavy atom. The summed E-state index contributed by atoms with van der Waals surface area (Å²) in [5, 5.41) is 0. The molecular weight excluding hydrogens is 568 g/mol. The van der Waals surface area contributed by atoms with Gasteiger partial charge in [0.05, 0.1) is 0 Å². The molecule has 1 heterocycles. The molecule has 0 amide bonds. The predicted molar refractivity (Wildman–Crippen MR) is 151 cm³/mol. The molecule has 0 atom stereocenters. The van der Waals surface area contributed by atoms with E-state index in [-0.39, 0.29) is 43.7 Å².